The fourth-order valence-electron chi connectivity index (χ4n) is 2.93. The van der Waals surface area contributed by atoms with Crippen molar-refractivity contribution < 1.29 is 23.9 Å². The van der Waals surface area contributed by atoms with Crippen LogP contribution in [0.25, 0.3) is 0 Å². The van der Waals surface area contributed by atoms with Crippen molar-refractivity contribution >= 4 is 23.8 Å². The van der Waals surface area contributed by atoms with Gasteiger partial charge in [0.15, 0.2) is 0 Å². The van der Waals surface area contributed by atoms with Gasteiger partial charge in [0.2, 0.25) is 17.7 Å². The zero-order valence-corrected chi connectivity index (χ0v) is 17.7. The molecule has 0 aliphatic carbocycles. The van der Waals surface area contributed by atoms with Gasteiger partial charge in [-0.1, -0.05) is 13.8 Å². The molecule has 1 heterocycles. The van der Waals surface area contributed by atoms with Crippen LogP contribution in [-0.4, -0.2) is 59.0 Å². The van der Waals surface area contributed by atoms with E-state index in [1.807, 2.05) is 13.8 Å². The SMILES string of the molecule is CC(C)C[C@@H](NC(=O)[C@@H]1CCCN1C(=O)OC(C)(C)C)C(=O)N[C@H](C)C(N)=O. The Bertz CT molecular complexity index is 600. The standard InChI is InChI=1S/C19H34N4O5/c1-11(2)10-13(16(25)21-12(3)15(20)24)22-17(26)14-8-7-9-23(14)18(27)28-19(4,5)6/h11-14H,7-10H2,1-6H3,(H2,20,24)(H,21,25)(H,22,26)/t12-,13-,14+/m1/s1. The van der Waals surface area contributed by atoms with E-state index in [0.29, 0.717) is 25.8 Å². The number of carbonyl (C=O) groups excluding carboxylic acids is 4. The maximum absolute atomic E-state index is 12.8. The quantitative estimate of drug-likeness (QED) is 0.586. The van der Waals surface area contributed by atoms with E-state index < -0.39 is 47.5 Å². The zero-order chi connectivity index (χ0) is 21.6. The van der Waals surface area contributed by atoms with Gasteiger partial charge in [-0.25, -0.2) is 4.79 Å². The largest absolute Gasteiger partial charge is 0.444 e. The van der Waals surface area contributed by atoms with Gasteiger partial charge in [-0.15, -0.1) is 0 Å². The van der Waals surface area contributed by atoms with Crippen LogP contribution in [0.1, 0.15) is 60.8 Å². The number of likely N-dealkylation sites (tertiary alicyclic amines) is 1. The van der Waals surface area contributed by atoms with Crippen LogP contribution < -0.4 is 16.4 Å². The number of hydrogen-bond donors (Lipinski definition) is 3. The van der Waals surface area contributed by atoms with Gasteiger partial charge in [0.1, 0.15) is 23.7 Å². The molecule has 0 aromatic heterocycles. The van der Waals surface area contributed by atoms with Gasteiger partial charge in [0, 0.05) is 6.54 Å². The summed E-state index contributed by atoms with van der Waals surface area (Å²) in [7, 11) is 0. The Labute approximate surface area is 166 Å². The molecule has 160 valence electrons. The van der Waals surface area contributed by atoms with Crippen molar-refractivity contribution in [2.45, 2.75) is 84.5 Å². The fraction of sp³-hybridized carbons (Fsp3) is 0.789. The molecular formula is C19H34N4O5. The van der Waals surface area contributed by atoms with Gasteiger partial charge in [0.25, 0.3) is 0 Å². The molecule has 0 unspecified atom stereocenters. The average molecular weight is 399 g/mol. The van der Waals surface area contributed by atoms with E-state index in [-0.39, 0.29) is 5.92 Å². The van der Waals surface area contributed by atoms with Crippen LogP contribution in [0.15, 0.2) is 0 Å². The number of nitrogens with one attached hydrogen (secondary N) is 2. The van der Waals surface area contributed by atoms with Crippen molar-refractivity contribution in [1.82, 2.24) is 15.5 Å². The predicted octanol–water partition coefficient (Wildman–Crippen LogP) is 0.907. The van der Waals surface area contributed by atoms with E-state index in [1.165, 1.54) is 11.8 Å². The lowest BCUT2D eigenvalue weighted by atomic mass is 10.0. The van der Waals surface area contributed by atoms with Crippen LogP contribution in [0.4, 0.5) is 4.79 Å². The number of hydrogen-bond acceptors (Lipinski definition) is 5. The normalized spacial score (nSPS) is 19.1. The first kappa shape index (κ1) is 23.7. The monoisotopic (exact) mass is 398 g/mol. The van der Waals surface area contributed by atoms with Crippen LogP contribution in [0.3, 0.4) is 0 Å². The Balaban J connectivity index is 2.84. The molecule has 9 heteroatoms. The van der Waals surface area contributed by atoms with E-state index in [2.05, 4.69) is 10.6 Å². The second-order valence-electron chi connectivity index (χ2n) is 8.66. The number of amides is 4. The second kappa shape index (κ2) is 9.75. The summed E-state index contributed by atoms with van der Waals surface area (Å²) in [5.74, 6) is -1.41. The Kier molecular flexibility index (Phi) is 8.26. The number of primary amides is 1. The molecule has 1 aliphatic heterocycles. The topological polar surface area (TPSA) is 131 Å². The Morgan fingerprint density at radius 2 is 1.75 bits per heavy atom. The molecule has 4 N–H and O–H groups in total. The van der Waals surface area contributed by atoms with Gasteiger partial charge in [-0.3, -0.25) is 19.3 Å². The summed E-state index contributed by atoms with van der Waals surface area (Å²) >= 11 is 0. The fourth-order valence-corrected chi connectivity index (χ4v) is 2.93. The number of carbonyl (C=O) groups is 4. The van der Waals surface area contributed by atoms with Crippen LogP contribution in [0.5, 0.6) is 0 Å². The molecule has 0 aromatic carbocycles. The van der Waals surface area contributed by atoms with Gasteiger partial charge in [-0.2, -0.15) is 0 Å². The van der Waals surface area contributed by atoms with E-state index in [0.717, 1.165) is 0 Å². The number of rotatable bonds is 7. The number of nitrogens with zero attached hydrogens (tertiary/aromatic N) is 1. The van der Waals surface area contributed by atoms with Crippen LogP contribution in [0.2, 0.25) is 0 Å². The lowest BCUT2D eigenvalue weighted by molar-refractivity contribution is -0.133. The number of nitrogens with two attached hydrogens (primary N) is 1. The molecule has 9 nitrogen and oxygen atoms in total. The van der Waals surface area contributed by atoms with Crippen LogP contribution >= 0.6 is 0 Å². The Hall–Kier alpha value is -2.32. The van der Waals surface area contributed by atoms with Crippen molar-refractivity contribution in [3.63, 3.8) is 0 Å². The van der Waals surface area contributed by atoms with Crippen LogP contribution in [0, 0.1) is 5.92 Å². The molecule has 0 aromatic rings. The lowest BCUT2D eigenvalue weighted by Gasteiger charge is -2.29. The summed E-state index contributed by atoms with van der Waals surface area (Å²) in [6.45, 7) is 11.0. The Morgan fingerprint density at radius 1 is 1.14 bits per heavy atom. The van der Waals surface area contributed by atoms with Gasteiger partial charge >= 0.3 is 6.09 Å². The minimum atomic E-state index is -0.844. The third kappa shape index (κ3) is 7.36. The highest BCUT2D eigenvalue weighted by Gasteiger charge is 2.38. The lowest BCUT2D eigenvalue weighted by Crippen LogP contribution is -2.56. The van der Waals surface area contributed by atoms with E-state index in [1.54, 1.807) is 20.8 Å². The molecule has 4 amide bonds. The maximum atomic E-state index is 12.8. The molecule has 0 bridgehead atoms. The van der Waals surface area contributed by atoms with Gasteiger partial charge < -0.3 is 21.1 Å². The third-order valence-electron chi connectivity index (χ3n) is 4.31. The van der Waals surface area contributed by atoms with E-state index in [9.17, 15) is 19.2 Å². The highest BCUT2D eigenvalue weighted by atomic mass is 16.6. The maximum Gasteiger partial charge on any atom is 0.410 e. The van der Waals surface area contributed by atoms with Crippen molar-refractivity contribution in [2.24, 2.45) is 11.7 Å². The molecule has 28 heavy (non-hydrogen) atoms. The van der Waals surface area contributed by atoms with Crippen LogP contribution in [-0.2, 0) is 19.1 Å². The molecule has 0 radical (unpaired) electrons. The van der Waals surface area contributed by atoms with E-state index in [4.69, 9.17) is 10.5 Å². The van der Waals surface area contributed by atoms with Crippen molar-refractivity contribution in [2.75, 3.05) is 6.54 Å². The van der Waals surface area contributed by atoms with Crippen molar-refractivity contribution in [3.8, 4) is 0 Å². The first-order valence-electron chi connectivity index (χ1n) is 9.71. The smallest absolute Gasteiger partial charge is 0.410 e. The summed E-state index contributed by atoms with van der Waals surface area (Å²) in [4.78, 5) is 50.3. The first-order valence-corrected chi connectivity index (χ1v) is 9.71. The zero-order valence-electron chi connectivity index (χ0n) is 17.7. The summed E-state index contributed by atoms with van der Waals surface area (Å²) in [5.41, 5.74) is 4.53. The van der Waals surface area contributed by atoms with Crippen molar-refractivity contribution in [3.05, 3.63) is 0 Å². The molecule has 1 saturated heterocycles. The highest BCUT2D eigenvalue weighted by molar-refractivity contribution is 5.93. The molecule has 0 spiro atoms. The molecule has 3 atom stereocenters. The van der Waals surface area contributed by atoms with E-state index >= 15 is 0 Å². The molecule has 1 fully saturated rings. The minimum absolute atomic E-state index is 0.130. The van der Waals surface area contributed by atoms with Gasteiger partial charge in [-0.05, 0) is 52.9 Å². The molecule has 1 aliphatic rings. The second-order valence-corrected chi connectivity index (χ2v) is 8.66. The highest BCUT2D eigenvalue weighted by Crippen LogP contribution is 2.21. The summed E-state index contributed by atoms with van der Waals surface area (Å²) < 4.78 is 5.37. The summed E-state index contributed by atoms with van der Waals surface area (Å²) in [6, 6.07) is -2.36. The molecular weight excluding hydrogens is 364 g/mol. The molecule has 0 saturated carbocycles. The first-order chi connectivity index (χ1) is 12.8. The Morgan fingerprint density at radius 3 is 2.25 bits per heavy atom. The average Bonchev–Trinajstić information content (AvgIpc) is 3.01. The molecule has 1 rings (SSSR count). The van der Waals surface area contributed by atoms with Gasteiger partial charge in [0.05, 0.1) is 0 Å². The summed E-state index contributed by atoms with van der Waals surface area (Å²) in [5, 5.41) is 5.24. The van der Waals surface area contributed by atoms with Crippen molar-refractivity contribution in [1.29, 1.82) is 0 Å². The third-order valence-corrected chi connectivity index (χ3v) is 4.31. The predicted molar refractivity (Wildman–Crippen MR) is 104 cm³/mol. The number of ether oxygens (including phenoxy) is 1. The minimum Gasteiger partial charge on any atom is -0.444 e. The summed E-state index contributed by atoms with van der Waals surface area (Å²) in [6.07, 6.45) is 1.02.